The third kappa shape index (κ3) is 2.53. The summed E-state index contributed by atoms with van der Waals surface area (Å²) in [4.78, 5) is 23.8. The van der Waals surface area contributed by atoms with Crippen molar-refractivity contribution in [3.8, 4) is 0 Å². The topological polar surface area (TPSA) is 70.2 Å². The van der Waals surface area contributed by atoms with Gasteiger partial charge in [0.25, 0.3) is 0 Å². The van der Waals surface area contributed by atoms with Crippen molar-refractivity contribution < 1.29 is 4.79 Å². The zero-order chi connectivity index (χ0) is 13.9. The van der Waals surface area contributed by atoms with Gasteiger partial charge in [-0.1, -0.05) is 0 Å². The lowest BCUT2D eigenvalue weighted by Gasteiger charge is -2.21. The van der Waals surface area contributed by atoms with Gasteiger partial charge in [-0.25, -0.2) is 4.98 Å². The molecule has 6 nitrogen and oxygen atoms in total. The molecular weight excluding hydrogens is 274 g/mol. The van der Waals surface area contributed by atoms with Crippen LogP contribution in [0.5, 0.6) is 0 Å². The lowest BCUT2D eigenvalue weighted by molar-refractivity contribution is -0.119. The van der Waals surface area contributed by atoms with Gasteiger partial charge in [0.2, 0.25) is 11.9 Å². The number of thiophene rings is 1. The highest BCUT2D eigenvalue weighted by atomic mass is 32.1. The Bertz CT molecular complexity index is 626. The summed E-state index contributed by atoms with van der Waals surface area (Å²) < 4.78 is 0. The van der Waals surface area contributed by atoms with Gasteiger partial charge in [-0.15, -0.1) is 11.3 Å². The van der Waals surface area contributed by atoms with Gasteiger partial charge in [0, 0.05) is 19.6 Å². The number of nitrogens with zero attached hydrogens (tertiary/aromatic N) is 3. The molecule has 1 fully saturated rings. The van der Waals surface area contributed by atoms with E-state index in [-0.39, 0.29) is 5.91 Å². The smallest absolute Gasteiger partial charge is 0.239 e. The summed E-state index contributed by atoms with van der Waals surface area (Å²) in [6.45, 7) is 4.70. The normalized spacial score (nSPS) is 16.1. The van der Waals surface area contributed by atoms with E-state index in [9.17, 15) is 4.79 Å². The molecule has 1 aliphatic rings. The number of carbonyl (C=O) groups is 1. The average Bonchev–Trinajstić information content (AvgIpc) is 2.79. The molecule has 0 saturated carbocycles. The van der Waals surface area contributed by atoms with E-state index in [2.05, 4.69) is 20.6 Å². The molecular formula is C13H17N5OS. The molecule has 1 amide bonds. The van der Waals surface area contributed by atoms with Crippen molar-refractivity contribution in [2.24, 2.45) is 0 Å². The Morgan fingerprint density at radius 1 is 1.50 bits per heavy atom. The second-order valence-corrected chi connectivity index (χ2v) is 5.56. The van der Waals surface area contributed by atoms with Crippen molar-refractivity contribution in [2.45, 2.75) is 13.3 Å². The predicted molar refractivity (Wildman–Crippen MR) is 81.4 cm³/mol. The second-order valence-electron chi connectivity index (χ2n) is 4.67. The maximum Gasteiger partial charge on any atom is 0.239 e. The first kappa shape index (κ1) is 13.1. The maximum atomic E-state index is 11.7. The molecule has 106 valence electrons. The van der Waals surface area contributed by atoms with Crippen molar-refractivity contribution in [3.63, 3.8) is 0 Å². The summed E-state index contributed by atoms with van der Waals surface area (Å²) in [5.41, 5.74) is 0. The number of fused-ring (bicyclic) bond motifs is 1. The van der Waals surface area contributed by atoms with Gasteiger partial charge >= 0.3 is 0 Å². The zero-order valence-electron chi connectivity index (χ0n) is 11.3. The highest BCUT2D eigenvalue weighted by molar-refractivity contribution is 7.16. The number of aromatic nitrogens is 2. The standard InChI is InChI=1S/C13H17N5OS/c1-2-14-13-16-11(9-4-7-20-12(9)17-13)18-6-3-5-15-10(19)8-18/h4,7H,2-3,5-6,8H2,1H3,(H,15,19)(H,14,16,17). The first-order valence-corrected chi connectivity index (χ1v) is 7.66. The molecule has 2 N–H and O–H groups in total. The average molecular weight is 291 g/mol. The van der Waals surface area contributed by atoms with Crippen molar-refractivity contribution in [1.29, 1.82) is 0 Å². The number of anilines is 2. The number of carbonyl (C=O) groups excluding carboxylic acids is 1. The van der Waals surface area contributed by atoms with Crippen LogP contribution in [-0.4, -0.2) is 42.1 Å². The van der Waals surface area contributed by atoms with Crippen molar-refractivity contribution >= 4 is 39.2 Å². The lowest BCUT2D eigenvalue weighted by atomic mass is 10.3. The Morgan fingerprint density at radius 2 is 2.40 bits per heavy atom. The number of hydrogen-bond acceptors (Lipinski definition) is 6. The maximum absolute atomic E-state index is 11.7. The number of rotatable bonds is 3. The molecule has 7 heteroatoms. The molecule has 0 unspecified atom stereocenters. The Labute approximate surface area is 121 Å². The molecule has 0 spiro atoms. The van der Waals surface area contributed by atoms with Gasteiger partial charge < -0.3 is 15.5 Å². The first-order valence-electron chi connectivity index (χ1n) is 6.78. The molecule has 0 radical (unpaired) electrons. The van der Waals surface area contributed by atoms with Crippen LogP contribution in [0.3, 0.4) is 0 Å². The molecule has 1 aliphatic heterocycles. The van der Waals surface area contributed by atoms with Crippen molar-refractivity contribution in [3.05, 3.63) is 11.4 Å². The van der Waals surface area contributed by atoms with Gasteiger partial charge in [0.15, 0.2) is 0 Å². The number of hydrogen-bond donors (Lipinski definition) is 2. The SMILES string of the molecule is CCNc1nc(N2CCCNC(=O)C2)c2ccsc2n1. The summed E-state index contributed by atoms with van der Waals surface area (Å²) in [6, 6.07) is 2.02. The Kier molecular flexibility index (Phi) is 3.68. The molecule has 1 saturated heterocycles. The summed E-state index contributed by atoms with van der Waals surface area (Å²) in [5.74, 6) is 1.53. The minimum Gasteiger partial charge on any atom is -0.354 e. The molecule has 0 atom stereocenters. The van der Waals surface area contributed by atoms with Crippen LogP contribution < -0.4 is 15.5 Å². The van der Waals surface area contributed by atoms with Gasteiger partial charge in [-0.05, 0) is 24.8 Å². The first-order chi connectivity index (χ1) is 9.78. The van der Waals surface area contributed by atoms with E-state index in [1.54, 1.807) is 11.3 Å². The molecule has 0 aromatic carbocycles. The van der Waals surface area contributed by atoms with Crippen molar-refractivity contribution in [1.82, 2.24) is 15.3 Å². The van der Waals surface area contributed by atoms with Gasteiger partial charge in [0.05, 0.1) is 11.9 Å². The highest BCUT2D eigenvalue weighted by Crippen LogP contribution is 2.29. The summed E-state index contributed by atoms with van der Waals surface area (Å²) in [7, 11) is 0. The van der Waals surface area contributed by atoms with Crippen molar-refractivity contribution in [2.75, 3.05) is 36.4 Å². The van der Waals surface area contributed by atoms with Crippen LogP contribution in [0.1, 0.15) is 13.3 Å². The third-order valence-electron chi connectivity index (χ3n) is 3.20. The Hall–Kier alpha value is -1.89. The zero-order valence-corrected chi connectivity index (χ0v) is 12.2. The fourth-order valence-electron chi connectivity index (χ4n) is 2.30. The highest BCUT2D eigenvalue weighted by Gasteiger charge is 2.20. The second kappa shape index (κ2) is 5.62. The van der Waals surface area contributed by atoms with Crippen LogP contribution in [-0.2, 0) is 4.79 Å². The van der Waals surface area contributed by atoms with E-state index >= 15 is 0 Å². The van der Waals surface area contributed by atoms with E-state index < -0.39 is 0 Å². The van der Waals surface area contributed by atoms with Crippen LogP contribution in [0, 0.1) is 0 Å². The molecule has 20 heavy (non-hydrogen) atoms. The fraction of sp³-hybridized carbons (Fsp3) is 0.462. The summed E-state index contributed by atoms with van der Waals surface area (Å²) >= 11 is 1.59. The van der Waals surface area contributed by atoms with E-state index in [4.69, 9.17) is 0 Å². The van der Waals surface area contributed by atoms with E-state index in [0.717, 1.165) is 42.1 Å². The molecule has 3 heterocycles. The van der Waals surface area contributed by atoms with Crippen LogP contribution in [0.15, 0.2) is 11.4 Å². The summed E-state index contributed by atoms with van der Waals surface area (Å²) in [5, 5.41) is 9.07. The molecule has 0 aliphatic carbocycles. The molecule has 2 aromatic heterocycles. The van der Waals surface area contributed by atoms with E-state index in [0.29, 0.717) is 12.5 Å². The number of amides is 1. The monoisotopic (exact) mass is 291 g/mol. The number of nitrogens with one attached hydrogen (secondary N) is 2. The van der Waals surface area contributed by atoms with Gasteiger partial charge in [-0.2, -0.15) is 4.98 Å². The van der Waals surface area contributed by atoms with Crippen LogP contribution in [0.2, 0.25) is 0 Å². The minimum atomic E-state index is 0.0505. The van der Waals surface area contributed by atoms with Crippen LogP contribution in [0.25, 0.3) is 10.2 Å². The summed E-state index contributed by atoms with van der Waals surface area (Å²) in [6.07, 6.45) is 0.928. The lowest BCUT2D eigenvalue weighted by Crippen LogP contribution is -2.33. The van der Waals surface area contributed by atoms with E-state index in [1.165, 1.54) is 0 Å². The largest absolute Gasteiger partial charge is 0.354 e. The fourth-order valence-corrected chi connectivity index (χ4v) is 3.06. The predicted octanol–water partition coefficient (Wildman–Crippen LogP) is 1.45. The Morgan fingerprint density at radius 3 is 3.25 bits per heavy atom. The van der Waals surface area contributed by atoms with Gasteiger partial charge in [-0.3, -0.25) is 4.79 Å². The van der Waals surface area contributed by atoms with Gasteiger partial charge in [0.1, 0.15) is 10.6 Å². The molecule has 0 bridgehead atoms. The third-order valence-corrected chi connectivity index (χ3v) is 4.01. The minimum absolute atomic E-state index is 0.0505. The molecule has 2 aromatic rings. The van der Waals surface area contributed by atoms with Crippen LogP contribution in [0.4, 0.5) is 11.8 Å². The van der Waals surface area contributed by atoms with Crippen LogP contribution >= 0.6 is 11.3 Å². The molecule has 3 rings (SSSR count). The quantitative estimate of drug-likeness (QED) is 0.895. The van der Waals surface area contributed by atoms with E-state index in [1.807, 2.05) is 23.3 Å². The Balaban J connectivity index is 2.03.